The Morgan fingerprint density at radius 1 is 1.22 bits per heavy atom. The number of nitrogens with one attached hydrogen (secondary N) is 1. The molecule has 1 aromatic carbocycles. The van der Waals surface area contributed by atoms with E-state index in [2.05, 4.69) is 5.32 Å². The second-order valence-electron chi connectivity index (χ2n) is 6.09. The van der Waals surface area contributed by atoms with Gasteiger partial charge in [0.2, 0.25) is 5.91 Å². The molecule has 1 amide bonds. The van der Waals surface area contributed by atoms with Crippen LogP contribution in [0.25, 0.3) is 11.0 Å². The Hall–Kier alpha value is -2.08. The zero-order valence-electron chi connectivity index (χ0n) is 13.8. The molecule has 0 saturated carbocycles. The van der Waals surface area contributed by atoms with Gasteiger partial charge >= 0.3 is 5.69 Å². The van der Waals surface area contributed by atoms with Crippen molar-refractivity contribution >= 4 is 16.9 Å². The quantitative estimate of drug-likeness (QED) is 0.917. The van der Waals surface area contributed by atoms with Crippen LogP contribution in [-0.4, -0.2) is 46.1 Å². The van der Waals surface area contributed by atoms with E-state index in [9.17, 15) is 9.59 Å². The number of nitrogens with zero attached hydrogens (tertiary/aromatic N) is 3. The van der Waals surface area contributed by atoms with Crippen molar-refractivity contribution in [1.29, 1.82) is 0 Å². The van der Waals surface area contributed by atoms with Gasteiger partial charge in [0, 0.05) is 19.6 Å². The molecule has 1 aliphatic rings. The molecule has 124 valence electrons. The number of hydrogen-bond acceptors (Lipinski definition) is 3. The fourth-order valence-electron chi connectivity index (χ4n) is 3.38. The molecule has 1 aromatic heterocycles. The van der Waals surface area contributed by atoms with Gasteiger partial charge in [-0.1, -0.05) is 12.1 Å². The SMILES string of the molecule is CCn1c(=O)n(CC(=O)N(C)C2CCNCC2)c2ccccc21. The van der Waals surface area contributed by atoms with E-state index in [0.29, 0.717) is 6.54 Å². The maximum atomic E-state index is 12.6. The Balaban J connectivity index is 1.87. The van der Waals surface area contributed by atoms with Crippen molar-refractivity contribution < 1.29 is 4.79 Å². The Kier molecular flexibility index (Phi) is 4.52. The Labute approximate surface area is 135 Å². The molecule has 1 aliphatic heterocycles. The summed E-state index contributed by atoms with van der Waals surface area (Å²) in [5, 5.41) is 3.31. The number of para-hydroxylation sites is 2. The number of aryl methyl sites for hydroxylation is 1. The number of imidazole rings is 1. The maximum Gasteiger partial charge on any atom is 0.329 e. The molecular formula is C17H24N4O2. The first kappa shape index (κ1) is 15.8. The number of piperidine rings is 1. The molecule has 1 fully saturated rings. The summed E-state index contributed by atoms with van der Waals surface area (Å²) in [6.45, 7) is 4.54. The molecule has 1 N–H and O–H groups in total. The highest BCUT2D eigenvalue weighted by molar-refractivity contribution is 5.81. The van der Waals surface area contributed by atoms with E-state index in [1.807, 2.05) is 43.1 Å². The van der Waals surface area contributed by atoms with E-state index in [0.717, 1.165) is 37.0 Å². The van der Waals surface area contributed by atoms with Gasteiger partial charge in [-0.3, -0.25) is 13.9 Å². The highest BCUT2D eigenvalue weighted by Crippen LogP contribution is 2.14. The van der Waals surface area contributed by atoms with Gasteiger partial charge in [-0.25, -0.2) is 4.79 Å². The van der Waals surface area contributed by atoms with Gasteiger partial charge in [0.1, 0.15) is 6.54 Å². The third-order valence-electron chi connectivity index (χ3n) is 4.78. The smallest absolute Gasteiger partial charge is 0.329 e. The highest BCUT2D eigenvalue weighted by atomic mass is 16.2. The number of fused-ring (bicyclic) bond motifs is 1. The van der Waals surface area contributed by atoms with E-state index >= 15 is 0 Å². The lowest BCUT2D eigenvalue weighted by atomic mass is 10.1. The molecule has 2 heterocycles. The van der Waals surface area contributed by atoms with Crippen LogP contribution in [-0.2, 0) is 17.9 Å². The molecule has 0 aliphatic carbocycles. The van der Waals surface area contributed by atoms with Crippen molar-refractivity contribution in [2.75, 3.05) is 20.1 Å². The predicted octanol–water partition coefficient (Wildman–Crippen LogP) is 1.03. The fraction of sp³-hybridized carbons (Fsp3) is 0.529. The van der Waals surface area contributed by atoms with E-state index in [4.69, 9.17) is 0 Å². The van der Waals surface area contributed by atoms with E-state index < -0.39 is 0 Å². The van der Waals surface area contributed by atoms with Crippen LogP contribution in [0.15, 0.2) is 29.1 Å². The first-order valence-electron chi connectivity index (χ1n) is 8.28. The number of carbonyl (C=O) groups is 1. The number of amides is 1. The molecule has 0 atom stereocenters. The van der Waals surface area contributed by atoms with Crippen LogP contribution in [0.1, 0.15) is 19.8 Å². The first-order valence-corrected chi connectivity index (χ1v) is 8.28. The van der Waals surface area contributed by atoms with Gasteiger partial charge in [-0.2, -0.15) is 0 Å². The van der Waals surface area contributed by atoms with Crippen LogP contribution in [0.4, 0.5) is 0 Å². The number of carbonyl (C=O) groups excluding carboxylic acids is 1. The van der Waals surface area contributed by atoms with Crippen LogP contribution in [0, 0.1) is 0 Å². The Bertz CT molecular complexity index is 756. The number of aromatic nitrogens is 2. The van der Waals surface area contributed by atoms with Crippen LogP contribution in [0.5, 0.6) is 0 Å². The molecular weight excluding hydrogens is 292 g/mol. The van der Waals surface area contributed by atoms with E-state index in [1.54, 1.807) is 9.13 Å². The molecule has 6 nitrogen and oxygen atoms in total. The molecule has 3 rings (SSSR count). The van der Waals surface area contributed by atoms with Crippen molar-refractivity contribution in [2.24, 2.45) is 0 Å². The van der Waals surface area contributed by atoms with E-state index in [1.165, 1.54) is 0 Å². The lowest BCUT2D eigenvalue weighted by Crippen LogP contribution is -2.45. The van der Waals surface area contributed by atoms with Gasteiger partial charge in [-0.15, -0.1) is 0 Å². The minimum absolute atomic E-state index is 0.00185. The summed E-state index contributed by atoms with van der Waals surface area (Å²) in [6, 6.07) is 7.91. The lowest BCUT2D eigenvalue weighted by molar-refractivity contribution is -0.133. The third kappa shape index (κ3) is 2.91. The summed E-state index contributed by atoms with van der Waals surface area (Å²) in [5.41, 5.74) is 1.60. The summed E-state index contributed by atoms with van der Waals surface area (Å²) < 4.78 is 3.31. The summed E-state index contributed by atoms with van der Waals surface area (Å²) in [5.74, 6) is -0.00185. The molecule has 2 aromatic rings. The highest BCUT2D eigenvalue weighted by Gasteiger charge is 2.23. The third-order valence-corrected chi connectivity index (χ3v) is 4.78. The minimum atomic E-state index is -0.110. The summed E-state index contributed by atoms with van der Waals surface area (Å²) in [6.07, 6.45) is 1.93. The molecule has 0 bridgehead atoms. The number of benzene rings is 1. The summed E-state index contributed by atoms with van der Waals surface area (Å²) in [4.78, 5) is 27.1. The van der Waals surface area contributed by atoms with Crippen molar-refractivity contribution in [3.63, 3.8) is 0 Å². The zero-order valence-corrected chi connectivity index (χ0v) is 13.8. The zero-order chi connectivity index (χ0) is 16.4. The Morgan fingerprint density at radius 2 is 1.83 bits per heavy atom. The number of likely N-dealkylation sites (N-methyl/N-ethyl adjacent to an activating group) is 1. The first-order chi connectivity index (χ1) is 11.1. The second kappa shape index (κ2) is 6.58. The van der Waals surface area contributed by atoms with Crippen LogP contribution < -0.4 is 11.0 Å². The molecule has 0 unspecified atom stereocenters. The topological polar surface area (TPSA) is 59.3 Å². The molecule has 0 radical (unpaired) electrons. The van der Waals surface area contributed by atoms with Gasteiger partial charge in [0.15, 0.2) is 0 Å². The maximum absolute atomic E-state index is 12.6. The fourth-order valence-corrected chi connectivity index (χ4v) is 3.38. The summed E-state index contributed by atoms with van der Waals surface area (Å²) >= 11 is 0. The van der Waals surface area contributed by atoms with Gasteiger partial charge in [0.05, 0.1) is 11.0 Å². The normalized spacial score (nSPS) is 15.9. The second-order valence-corrected chi connectivity index (χ2v) is 6.09. The lowest BCUT2D eigenvalue weighted by Gasteiger charge is -2.31. The number of hydrogen-bond donors (Lipinski definition) is 1. The van der Waals surface area contributed by atoms with Crippen molar-refractivity contribution in [3.05, 3.63) is 34.7 Å². The standard InChI is InChI=1S/C17H24N4O2/c1-3-20-14-6-4-5-7-15(14)21(17(20)23)12-16(22)19(2)13-8-10-18-11-9-13/h4-7,13,18H,3,8-12H2,1-2H3. The Morgan fingerprint density at radius 3 is 2.43 bits per heavy atom. The van der Waals surface area contributed by atoms with E-state index in [-0.39, 0.29) is 24.2 Å². The molecule has 6 heteroatoms. The van der Waals surface area contributed by atoms with Crippen molar-refractivity contribution in [3.8, 4) is 0 Å². The van der Waals surface area contributed by atoms with Gasteiger partial charge in [0.25, 0.3) is 0 Å². The van der Waals surface area contributed by atoms with Crippen molar-refractivity contribution in [2.45, 2.75) is 38.9 Å². The average Bonchev–Trinajstić information content (AvgIpc) is 2.86. The molecule has 23 heavy (non-hydrogen) atoms. The largest absolute Gasteiger partial charge is 0.341 e. The average molecular weight is 316 g/mol. The predicted molar refractivity (Wildman–Crippen MR) is 90.5 cm³/mol. The van der Waals surface area contributed by atoms with Crippen LogP contribution >= 0.6 is 0 Å². The molecule has 0 spiro atoms. The van der Waals surface area contributed by atoms with Gasteiger partial charge in [-0.05, 0) is 45.0 Å². The van der Waals surface area contributed by atoms with Crippen LogP contribution in [0.3, 0.4) is 0 Å². The van der Waals surface area contributed by atoms with Crippen molar-refractivity contribution in [1.82, 2.24) is 19.4 Å². The number of rotatable bonds is 4. The van der Waals surface area contributed by atoms with Gasteiger partial charge < -0.3 is 10.2 Å². The molecule has 1 saturated heterocycles. The minimum Gasteiger partial charge on any atom is -0.341 e. The monoisotopic (exact) mass is 316 g/mol. The van der Waals surface area contributed by atoms with Crippen LogP contribution in [0.2, 0.25) is 0 Å². The summed E-state index contributed by atoms with van der Waals surface area (Å²) in [7, 11) is 1.85.